The molecule has 4 rings (SSSR count). The van der Waals surface area contributed by atoms with E-state index in [4.69, 9.17) is 9.47 Å². The number of thiophene rings is 1. The zero-order valence-corrected chi connectivity index (χ0v) is 17.2. The lowest BCUT2D eigenvalue weighted by atomic mass is 9.84. The molecular weight excluding hydrogens is 362 g/mol. The molecule has 4 unspecified atom stereocenters. The highest BCUT2D eigenvalue weighted by atomic mass is 32.1. The summed E-state index contributed by atoms with van der Waals surface area (Å²) in [5.41, 5.74) is 0.883. The van der Waals surface area contributed by atoms with E-state index >= 15 is 0 Å². The quantitative estimate of drug-likeness (QED) is 0.815. The second-order valence-electron chi connectivity index (χ2n) is 7.92. The van der Waals surface area contributed by atoms with Gasteiger partial charge in [-0.05, 0) is 56.4 Å². The van der Waals surface area contributed by atoms with Gasteiger partial charge in [0.15, 0.2) is 5.82 Å². The van der Waals surface area contributed by atoms with Gasteiger partial charge in [0.1, 0.15) is 11.4 Å². The van der Waals surface area contributed by atoms with Crippen LogP contribution in [-0.4, -0.2) is 36.1 Å². The minimum absolute atomic E-state index is 0.0129. The standard InChI is InChI=1S/C20H27N3O3S/c1-10-16-19(26-4)22-15(9-25-3)23-20(16)27-17(10)18(24)21-11(2)14-8-12-5-6-13(14)7-12/h11-14H,5-9H2,1-4H3,(H,21,24). The molecule has 0 saturated heterocycles. The molecule has 0 radical (unpaired) electrons. The van der Waals surface area contributed by atoms with E-state index < -0.39 is 0 Å². The Kier molecular flexibility index (Phi) is 5.07. The fourth-order valence-corrected chi connectivity index (χ4v) is 6.08. The Hall–Kier alpha value is -1.73. The minimum atomic E-state index is -0.0129. The van der Waals surface area contributed by atoms with E-state index in [1.54, 1.807) is 14.2 Å². The molecule has 0 aromatic carbocycles. The molecule has 2 fully saturated rings. The molecule has 2 aliphatic rings. The molecule has 146 valence electrons. The van der Waals surface area contributed by atoms with E-state index in [0.29, 0.717) is 29.1 Å². The van der Waals surface area contributed by atoms with Gasteiger partial charge in [0.05, 0.1) is 17.4 Å². The number of carbonyl (C=O) groups is 1. The first-order chi connectivity index (χ1) is 13.0. The number of hydrogen-bond acceptors (Lipinski definition) is 6. The van der Waals surface area contributed by atoms with Crippen molar-refractivity contribution >= 4 is 27.5 Å². The molecule has 6 nitrogen and oxygen atoms in total. The molecule has 0 spiro atoms. The van der Waals surface area contributed by atoms with Gasteiger partial charge >= 0.3 is 0 Å². The number of ether oxygens (including phenoxy) is 2. The van der Waals surface area contributed by atoms with Crippen molar-refractivity contribution in [1.82, 2.24) is 15.3 Å². The van der Waals surface area contributed by atoms with Crippen molar-refractivity contribution in [3.63, 3.8) is 0 Å². The number of methoxy groups -OCH3 is 2. The summed E-state index contributed by atoms with van der Waals surface area (Å²) in [5.74, 6) is 3.33. The third-order valence-electron chi connectivity index (χ3n) is 6.27. The number of rotatable bonds is 6. The van der Waals surface area contributed by atoms with Gasteiger partial charge in [0.25, 0.3) is 5.91 Å². The molecule has 4 atom stereocenters. The number of nitrogens with one attached hydrogen (secondary N) is 1. The van der Waals surface area contributed by atoms with Crippen LogP contribution in [0.1, 0.15) is 53.7 Å². The molecule has 2 heterocycles. The molecule has 2 saturated carbocycles. The number of fused-ring (bicyclic) bond motifs is 3. The molecule has 2 aliphatic carbocycles. The third-order valence-corrected chi connectivity index (χ3v) is 7.45. The number of nitrogens with zero attached hydrogens (tertiary/aromatic N) is 2. The lowest BCUT2D eigenvalue weighted by Crippen LogP contribution is -2.40. The van der Waals surface area contributed by atoms with Gasteiger partial charge < -0.3 is 14.8 Å². The molecule has 2 bridgehead atoms. The van der Waals surface area contributed by atoms with Crippen molar-refractivity contribution < 1.29 is 14.3 Å². The molecule has 2 aromatic heterocycles. The summed E-state index contributed by atoms with van der Waals surface area (Å²) < 4.78 is 10.6. The zero-order chi connectivity index (χ0) is 19.1. The fraction of sp³-hybridized carbons (Fsp3) is 0.650. The molecular formula is C20H27N3O3S. The molecule has 1 amide bonds. The van der Waals surface area contributed by atoms with Crippen LogP contribution >= 0.6 is 11.3 Å². The lowest BCUT2D eigenvalue weighted by Gasteiger charge is -2.28. The van der Waals surface area contributed by atoms with Crippen LogP contribution in [0.3, 0.4) is 0 Å². The van der Waals surface area contributed by atoms with Crippen LogP contribution in [0, 0.1) is 24.7 Å². The van der Waals surface area contributed by atoms with Gasteiger partial charge in [-0.15, -0.1) is 11.3 Å². The Balaban J connectivity index is 1.59. The van der Waals surface area contributed by atoms with Crippen molar-refractivity contribution in [2.75, 3.05) is 14.2 Å². The Bertz CT molecular complexity index is 866. The summed E-state index contributed by atoms with van der Waals surface area (Å²) in [6.07, 6.45) is 5.31. The van der Waals surface area contributed by atoms with Gasteiger partial charge in [0, 0.05) is 13.2 Å². The average Bonchev–Trinajstić information content (AvgIpc) is 3.36. The second kappa shape index (κ2) is 7.36. The van der Waals surface area contributed by atoms with Crippen LogP contribution in [-0.2, 0) is 11.3 Å². The van der Waals surface area contributed by atoms with E-state index in [1.807, 2.05) is 6.92 Å². The largest absolute Gasteiger partial charge is 0.480 e. The normalized spacial score (nSPS) is 25.1. The second-order valence-corrected chi connectivity index (χ2v) is 8.92. The van der Waals surface area contributed by atoms with Crippen LogP contribution in [0.2, 0.25) is 0 Å². The topological polar surface area (TPSA) is 73.3 Å². The first-order valence-corrected chi connectivity index (χ1v) is 10.5. The van der Waals surface area contributed by atoms with Gasteiger partial charge in [-0.3, -0.25) is 4.79 Å². The Morgan fingerprint density at radius 2 is 2.11 bits per heavy atom. The predicted molar refractivity (Wildman–Crippen MR) is 105 cm³/mol. The van der Waals surface area contributed by atoms with Crippen LogP contribution < -0.4 is 10.1 Å². The summed E-state index contributed by atoms with van der Waals surface area (Å²) in [6.45, 7) is 4.41. The maximum Gasteiger partial charge on any atom is 0.261 e. The molecule has 1 N–H and O–H groups in total. The zero-order valence-electron chi connectivity index (χ0n) is 16.4. The van der Waals surface area contributed by atoms with Crippen molar-refractivity contribution in [1.29, 1.82) is 0 Å². The van der Waals surface area contributed by atoms with Crippen molar-refractivity contribution in [2.45, 2.75) is 52.2 Å². The number of amides is 1. The summed E-state index contributed by atoms with van der Waals surface area (Å²) in [5, 5.41) is 4.08. The number of aryl methyl sites for hydroxylation is 1. The van der Waals surface area contributed by atoms with Gasteiger partial charge in [-0.2, -0.15) is 4.98 Å². The van der Waals surface area contributed by atoms with Crippen LogP contribution in [0.15, 0.2) is 0 Å². The fourth-order valence-electron chi connectivity index (χ4n) is 4.99. The smallest absolute Gasteiger partial charge is 0.261 e. The van der Waals surface area contributed by atoms with Crippen molar-refractivity contribution in [2.24, 2.45) is 17.8 Å². The predicted octanol–water partition coefficient (Wildman–Crippen LogP) is 3.71. The summed E-state index contributed by atoms with van der Waals surface area (Å²) >= 11 is 1.40. The lowest BCUT2D eigenvalue weighted by molar-refractivity contribution is 0.0919. The average molecular weight is 390 g/mol. The summed E-state index contributed by atoms with van der Waals surface area (Å²) in [4.78, 5) is 23.4. The first kappa shape index (κ1) is 18.6. The summed E-state index contributed by atoms with van der Waals surface area (Å²) in [7, 11) is 3.20. The van der Waals surface area contributed by atoms with E-state index in [2.05, 4.69) is 22.2 Å². The number of hydrogen-bond donors (Lipinski definition) is 1. The van der Waals surface area contributed by atoms with Gasteiger partial charge in [-0.25, -0.2) is 4.98 Å². The molecule has 7 heteroatoms. The number of aromatic nitrogens is 2. The third kappa shape index (κ3) is 3.31. The minimum Gasteiger partial charge on any atom is -0.480 e. The van der Waals surface area contributed by atoms with Crippen LogP contribution in [0.25, 0.3) is 10.2 Å². The maximum absolute atomic E-state index is 13.0. The van der Waals surface area contributed by atoms with Crippen molar-refractivity contribution in [3.8, 4) is 5.88 Å². The summed E-state index contributed by atoms with van der Waals surface area (Å²) in [6, 6.07) is 0.203. The van der Waals surface area contributed by atoms with E-state index in [-0.39, 0.29) is 11.9 Å². The maximum atomic E-state index is 13.0. The Morgan fingerprint density at radius 1 is 1.30 bits per heavy atom. The van der Waals surface area contributed by atoms with Crippen LogP contribution in [0.5, 0.6) is 5.88 Å². The monoisotopic (exact) mass is 389 g/mol. The molecule has 2 aromatic rings. The highest BCUT2D eigenvalue weighted by Crippen LogP contribution is 2.49. The van der Waals surface area contributed by atoms with E-state index in [1.165, 1.54) is 37.0 Å². The van der Waals surface area contributed by atoms with Crippen molar-refractivity contribution in [3.05, 3.63) is 16.3 Å². The number of carbonyl (C=O) groups excluding carboxylic acids is 1. The SMILES string of the molecule is COCc1nc(OC)c2c(C)c(C(=O)NC(C)C3CC4CCC3C4)sc2n1. The van der Waals surface area contributed by atoms with Gasteiger partial charge in [0.2, 0.25) is 5.88 Å². The molecule has 27 heavy (non-hydrogen) atoms. The highest BCUT2D eigenvalue weighted by Gasteiger charge is 2.42. The Morgan fingerprint density at radius 3 is 2.74 bits per heavy atom. The Labute approximate surface area is 163 Å². The first-order valence-electron chi connectivity index (χ1n) is 9.65. The van der Waals surface area contributed by atoms with Crippen LogP contribution in [0.4, 0.5) is 0 Å². The van der Waals surface area contributed by atoms with E-state index in [0.717, 1.165) is 27.6 Å². The van der Waals surface area contributed by atoms with E-state index in [9.17, 15) is 4.79 Å². The highest BCUT2D eigenvalue weighted by molar-refractivity contribution is 7.20. The van der Waals surface area contributed by atoms with Gasteiger partial charge in [-0.1, -0.05) is 6.42 Å². The molecule has 0 aliphatic heterocycles.